The lowest BCUT2D eigenvalue weighted by Crippen LogP contribution is -2.13. The smallest absolute Gasteiger partial charge is 0.255 e. The van der Waals surface area contributed by atoms with Crippen LogP contribution >= 0.6 is 15.9 Å². The van der Waals surface area contributed by atoms with E-state index in [1.165, 1.54) is 0 Å². The first-order valence-electron chi connectivity index (χ1n) is 5.57. The fourth-order valence-electron chi connectivity index (χ4n) is 1.62. The number of carbonyl (C=O) groups excluding carboxylic acids is 1. The summed E-state index contributed by atoms with van der Waals surface area (Å²) in [7, 11) is 0. The monoisotopic (exact) mass is 304 g/mol. The van der Waals surface area contributed by atoms with Crippen LogP contribution in [0.4, 0.5) is 5.69 Å². The number of rotatable bonds is 2. The van der Waals surface area contributed by atoms with Crippen LogP contribution in [0.15, 0.2) is 41.0 Å². The van der Waals surface area contributed by atoms with Crippen molar-refractivity contribution < 1.29 is 4.79 Å². The van der Waals surface area contributed by atoms with Crippen molar-refractivity contribution in [2.45, 2.75) is 13.8 Å². The summed E-state index contributed by atoms with van der Waals surface area (Å²) < 4.78 is 0.978. The molecule has 1 aromatic carbocycles. The van der Waals surface area contributed by atoms with Gasteiger partial charge in [0, 0.05) is 27.6 Å². The maximum Gasteiger partial charge on any atom is 0.255 e. The second-order valence-corrected chi connectivity index (χ2v) is 4.91. The van der Waals surface area contributed by atoms with E-state index in [-0.39, 0.29) is 5.91 Å². The maximum absolute atomic E-state index is 12.1. The second-order valence-electron chi connectivity index (χ2n) is 4.05. The van der Waals surface area contributed by atoms with E-state index in [1.54, 1.807) is 18.3 Å². The topological polar surface area (TPSA) is 42.0 Å². The molecule has 0 saturated carbocycles. The number of hydrogen-bond donors (Lipinski definition) is 1. The highest BCUT2D eigenvalue weighted by Gasteiger charge is 2.08. The number of amides is 1. The van der Waals surface area contributed by atoms with Gasteiger partial charge in [-0.25, -0.2) is 0 Å². The Morgan fingerprint density at radius 2 is 2.06 bits per heavy atom. The van der Waals surface area contributed by atoms with Crippen molar-refractivity contribution in [3.63, 3.8) is 0 Å². The number of anilines is 1. The van der Waals surface area contributed by atoms with Crippen LogP contribution in [0, 0.1) is 13.8 Å². The van der Waals surface area contributed by atoms with Crippen LogP contribution in [-0.2, 0) is 0 Å². The molecule has 0 saturated heterocycles. The van der Waals surface area contributed by atoms with E-state index in [1.807, 2.05) is 32.0 Å². The molecule has 0 aliphatic rings. The number of nitrogens with one attached hydrogen (secondary N) is 1. The van der Waals surface area contributed by atoms with Gasteiger partial charge in [-0.15, -0.1) is 0 Å². The molecule has 0 bridgehead atoms. The Hall–Kier alpha value is -1.68. The summed E-state index contributed by atoms with van der Waals surface area (Å²) >= 11 is 3.44. The van der Waals surface area contributed by atoms with Crippen molar-refractivity contribution in [3.05, 3.63) is 57.8 Å². The summed E-state index contributed by atoms with van der Waals surface area (Å²) in [4.78, 5) is 16.1. The van der Waals surface area contributed by atoms with Gasteiger partial charge in [-0.2, -0.15) is 0 Å². The molecule has 1 N–H and O–H groups in total. The zero-order chi connectivity index (χ0) is 13.1. The normalized spacial score (nSPS) is 10.2. The van der Waals surface area contributed by atoms with E-state index in [0.29, 0.717) is 5.56 Å². The molecule has 92 valence electrons. The minimum absolute atomic E-state index is 0.123. The number of benzene rings is 1. The van der Waals surface area contributed by atoms with E-state index in [2.05, 4.69) is 26.2 Å². The van der Waals surface area contributed by atoms with Gasteiger partial charge in [0.05, 0.1) is 0 Å². The van der Waals surface area contributed by atoms with Crippen LogP contribution in [0.25, 0.3) is 0 Å². The molecule has 2 rings (SSSR count). The van der Waals surface area contributed by atoms with Gasteiger partial charge in [0.25, 0.3) is 5.91 Å². The first kappa shape index (κ1) is 12.8. The van der Waals surface area contributed by atoms with E-state index < -0.39 is 0 Å². The van der Waals surface area contributed by atoms with Gasteiger partial charge >= 0.3 is 0 Å². The lowest BCUT2D eigenvalue weighted by molar-refractivity contribution is 0.102. The lowest BCUT2D eigenvalue weighted by atomic mass is 10.1. The van der Waals surface area contributed by atoms with Crippen molar-refractivity contribution in [1.29, 1.82) is 0 Å². The Morgan fingerprint density at radius 3 is 2.78 bits per heavy atom. The predicted octanol–water partition coefficient (Wildman–Crippen LogP) is 3.71. The van der Waals surface area contributed by atoms with Crippen LogP contribution in [-0.4, -0.2) is 10.9 Å². The van der Waals surface area contributed by atoms with Crippen molar-refractivity contribution in [2.24, 2.45) is 0 Å². The molecule has 0 fully saturated rings. The fraction of sp³-hybridized carbons (Fsp3) is 0.143. The third-order valence-corrected chi connectivity index (χ3v) is 3.53. The van der Waals surface area contributed by atoms with Crippen LogP contribution in [0.5, 0.6) is 0 Å². The summed E-state index contributed by atoms with van der Waals surface area (Å²) in [5.41, 5.74) is 3.26. The van der Waals surface area contributed by atoms with Crippen LogP contribution < -0.4 is 5.32 Å². The van der Waals surface area contributed by atoms with E-state index in [0.717, 1.165) is 21.4 Å². The lowest BCUT2D eigenvalue weighted by Gasteiger charge is -2.09. The number of aryl methyl sites for hydroxylation is 1. The molecular formula is C14H13BrN2O. The number of aromatic nitrogens is 1. The summed E-state index contributed by atoms with van der Waals surface area (Å²) in [6, 6.07) is 9.19. The molecule has 0 aliphatic carbocycles. The Labute approximate surface area is 114 Å². The Kier molecular flexibility index (Phi) is 3.77. The molecule has 18 heavy (non-hydrogen) atoms. The first-order chi connectivity index (χ1) is 8.58. The predicted molar refractivity (Wildman–Crippen MR) is 75.8 cm³/mol. The first-order valence-corrected chi connectivity index (χ1v) is 6.36. The quantitative estimate of drug-likeness (QED) is 0.919. The molecule has 1 amide bonds. The summed E-state index contributed by atoms with van der Waals surface area (Å²) in [6.07, 6.45) is 1.64. The SMILES string of the molecule is Cc1cc(C(=O)Nc2cccc(Br)c2C)ccn1. The number of halogens is 1. The molecular weight excluding hydrogens is 292 g/mol. The van der Waals surface area contributed by atoms with Gasteiger partial charge in [0.1, 0.15) is 0 Å². The van der Waals surface area contributed by atoms with Crippen molar-refractivity contribution in [3.8, 4) is 0 Å². The van der Waals surface area contributed by atoms with Gasteiger partial charge in [0.2, 0.25) is 0 Å². The molecule has 0 unspecified atom stereocenters. The van der Waals surface area contributed by atoms with E-state index >= 15 is 0 Å². The molecule has 0 spiro atoms. The average molecular weight is 305 g/mol. The molecule has 0 atom stereocenters. The number of hydrogen-bond acceptors (Lipinski definition) is 2. The van der Waals surface area contributed by atoms with E-state index in [9.17, 15) is 4.79 Å². The third kappa shape index (κ3) is 2.76. The summed E-state index contributed by atoms with van der Waals surface area (Å²) in [5.74, 6) is -0.123. The van der Waals surface area contributed by atoms with Gasteiger partial charge in [-0.3, -0.25) is 9.78 Å². The minimum Gasteiger partial charge on any atom is -0.322 e. The minimum atomic E-state index is -0.123. The van der Waals surface area contributed by atoms with Gasteiger partial charge in [0.15, 0.2) is 0 Å². The van der Waals surface area contributed by atoms with Crippen molar-refractivity contribution in [1.82, 2.24) is 4.98 Å². The molecule has 1 heterocycles. The number of pyridine rings is 1. The summed E-state index contributed by atoms with van der Waals surface area (Å²) in [6.45, 7) is 3.82. The maximum atomic E-state index is 12.1. The Morgan fingerprint density at radius 1 is 1.28 bits per heavy atom. The molecule has 0 radical (unpaired) electrons. The highest BCUT2D eigenvalue weighted by molar-refractivity contribution is 9.10. The van der Waals surface area contributed by atoms with Gasteiger partial charge in [-0.1, -0.05) is 22.0 Å². The Bertz CT molecular complexity index is 596. The number of nitrogens with zero attached hydrogens (tertiary/aromatic N) is 1. The zero-order valence-corrected chi connectivity index (χ0v) is 11.8. The fourth-order valence-corrected chi connectivity index (χ4v) is 1.99. The molecule has 3 nitrogen and oxygen atoms in total. The molecule has 2 aromatic rings. The zero-order valence-electron chi connectivity index (χ0n) is 10.2. The van der Waals surface area contributed by atoms with Crippen molar-refractivity contribution >= 4 is 27.5 Å². The molecule has 1 aromatic heterocycles. The average Bonchev–Trinajstić information content (AvgIpc) is 2.35. The second kappa shape index (κ2) is 5.31. The van der Waals surface area contributed by atoms with Crippen LogP contribution in [0.1, 0.15) is 21.6 Å². The summed E-state index contributed by atoms with van der Waals surface area (Å²) in [5, 5.41) is 2.90. The van der Waals surface area contributed by atoms with Crippen LogP contribution in [0.3, 0.4) is 0 Å². The van der Waals surface area contributed by atoms with Crippen LogP contribution in [0.2, 0.25) is 0 Å². The highest BCUT2D eigenvalue weighted by atomic mass is 79.9. The Balaban J connectivity index is 2.24. The number of carbonyl (C=O) groups is 1. The standard InChI is InChI=1S/C14H13BrN2O/c1-9-8-11(6-7-16-9)14(18)17-13-5-3-4-12(15)10(13)2/h3-8H,1-2H3,(H,17,18). The largest absolute Gasteiger partial charge is 0.322 e. The highest BCUT2D eigenvalue weighted by Crippen LogP contribution is 2.23. The molecule has 0 aliphatic heterocycles. The van der Waals surface area contributed by atoms with E-state index in [4.69, 9.17) is 0 Å². The van der Waals surface area contributed by atoms with Gasteiger partial charge in [-0.05, 0) is 43.7 Å². The van der Waals surface area contributed by atoms with Crippen molar-refractivity contribution in [2.75, 3.05) is 5.32 Å². The third-order valence-electron chi connectivity index (χ3n) is 2.67. The van der Waals surface area contributed by atoms with Gasteiger partial charge < -0.3 is 5.32 Å². The molecule has 4 heteroatoms.